The van der Waals surface area contributed by atoms with Crippen LogP contribution in [-0.2, 0) is 0 Å². The van der Waals surface area contributed by atoms with E-state index in [-0.39, 0.29) is 10.6 Å². The van der Waals surface area contributed by atoms with E-state index in [0.717, 1.165) is 43.9 Å². The van der Waals surface area contributed by atoms with E-state index in [9.17, 15) is 10.1 Å². The number of rotatable bonds is 8. The second-order valence-electron chi connectivity index (χ2n) is 4.68. The Balaban J connectivity index is 2.55. The van der Waals surface area contributed by atoms with Crippen molar-refractivity contribution in [3.63, 3.8) is 0 Å². The predicted octanol–water partition coefficient (Wildman–Crippen LogP) is 3.05. The molecule has 0 fully saturated rings. The lowest BCUT2D eigenvalue weighted by Crippen LogP contribution is -2.29. The Bertz CT molecular complexity index is 421. The van der Waals surface area contributed by atoms with Gasteiger partial charge in [-0.05, 0) is 38.1 Å². The monoisotopic (exact) mass is 265 g/mol. The van der Waals surface area contributed by atoms with Crippen LogP contribution in [0.25, 0.3) is 0 Å². The Morgan fingerprint density at radius 3 is 2.58 bits per heavy atom. The molecule has 0 heterocycles. The first-order chi connectivity index (χ1) is 9.06. The smallest absolute Gasteiger partial charge is 0.271 e. The molecule has 1 N–H and O–H groups in total. The van der Waals surface area contributed by atoms with E-state index in [1.54, 1.807) is 12.1 Å². The van der Waals surface area contributed by atoms with E-state index in [2.05, 4.69) is 24.1 Å². The van der Waals surface area contributed by atoms with Crippen LogP contribution in [0.15, 0.2) is 18.2 Å². The Morgan fingerprint density at radius 2 is 2.00 bits per heavy atom. The lowest BCUT2D eigenvalue weighted by atomic mass is 10.2. The van der Waals surface area contributed by atoms with Crippen LogP contribution >= 0.6 is 0 Å². The first-order valence-electron chi connectivity index (χ1n) is 6.79. The molecular formula is C14H23N3O2. The zero-order valence-electron chi connectivity index (χ0n) is 12.0. The minimum absolute atomic E-state index is 0.142. The number of benzene rings is 1. The van der Waals surface area contributed by atoms with Gasteiger partial charge < -0.3 is 10.2 Å². The van der Waals surface area contributed by atoms with Gasteiger partial charge in [-0.3, -0.25) is 10.1 Å². The number of hydrogen-bond donors (Lipinski definition) is 1. The van der Waals surface area contributed by atoms with Gasteiger partial charge in [-0.15, -0.1) is 0 Å². The minimum Gasteiger partial charge on any atom is -0.384 e. The molecule has 0 aromatic heterocycles. The fraction of sp³-hybridized carbons (Fsp3) is 0.571. The van der Waals surface area contributed by atoms with Gasteiger partial charge in [-0.2, -0.15) is 0 Å². The van der Waals surface area contributed by atoms with Crippen molar-refractivity contribution >= 4 is 11.4 Å². The molecule has 0 saturated carbocycles. The first-order valence-corrected chi connectivity index (χ1v) is 6.79. The maximum atomic E-state index is 10.8. The summed E-state index contributed by atoms with van der Waals surface area (Å²) in [5, 5.41) is 14.0. The number of hydrogen-bond acceptors (Lipinski definition) is 4. The number of aryl methyl sites for hydroxylation is 1. The molecule has 0 spiro atoms. The van der Waals surface area contributed by atoms with Crippen molar-refractivity contribution in [2.24, 2.45) is 0 Å². The van der Waals surface area contributed by atoms with Crippen molar-refractivity contribution < 1.29 is 4.92 Å². The largest absolute Gasteiger partial charge is 0.384 e. The molecule has 0 aliphatic rings. The van der Waals surface area contributed by atoms with Gasteiger partial charge in [0.05, 0.1) is 4.92 Å². The summed E-state index contributed by atoms with van der Waals surface area (Å²) in [6.45, 7) is 10.1. The molecule has 1 aromatic rings. The van der Waals surface area contributed by atoms with Gasteiger partial charge in [0, 0.05) is 30.9 Å². The van der Waals surface area contributed by atoms with Gasteiger partial charge in [0.15, 0.2) is 0 Å². The van der Waals surface area contributed by atoms with Gasteiger partial charge in [0.25, 0.3) is 5.69 Å². The van der Waals surface area contributed by atoms with Crippen LogP contribution in [0, 0.1) is 17.0 Å². The standard InChI is InChI=1S/C14H23N3O2/c1-4-7-16(5-2)8-6-15-13-9-12(3)10-14(11-13)17(18)19/h9-11,15H,4-8H2,1-3H3. The Morgan fingerprint density at radius 1 is 1.26 bits per heavy atom. The third-order valence-corrected chi connectivity index (χ3v) is 3.02. The molecule has 106 valence electrons. The fourth-order valence-corrected chi connectivity index (χ4v) is 2.07. The van der Waals surface area contributed by atoms with Crippen molar-refractivity contribution in [2.45, 2.75) is 27.2 Å². The highest BCUT2D eigenvalue weighted by molar-refractivity contribution is 5.53. The third kappa shape index (κ3) is 5.26. The summed E-state index contributed by atoms with van der Waals surface area (Å²) in [7, 11) is 0. The molecule has 0 aliphatic carbocycles. The maximum absolute atomic E-state index is 10.8. The summed E-state index contributed by atoms with van der Waals surface area (Å²) in [6, 6.07) is 5.10. The van der Waals surface area contributed by atoms with Crippen LogP contribution in [0.5, 0.6) is 0 Å². The van der Waals surface area contributed by atoms with Gasteiger partial charge in [-0.25, -0.2) is 0 Å². The average molecular weight is 265 g/mol. The zero-order chi connectivity index (χ0) is 14.3. The van der Waals surface area contributed by atoms with Crippen LogP contribution in [0.4, 0.5) is 11.4 Å². The molecule has 1 aromatic carbocycles. The first kappa shape index (κ1) is 15.4. The number of likely N-dealkylation sites (N-methyl/N-ethyl adjacent to an activating group) is 1. The molecule has 19 heavy (non-hydrogen) atoms. The molecule has 0 amide bonds. The summed E-state index contributed by atoms with van der Waals surface area (Å²) in [4.78, 5) is 12.8. The summed E-state index contributed by atoms with van der Waals surface area (Å²) >= 11 is 0. The second-order valence-corrected chi connectivity index (χ2v) is 4.68. The molecule has 5 heteroatoms. The highest BCUT2D eigenvalue weighted by atomic mass is 16.6. The van der Waals surface area contributed by atoms with Crippen molar-refractivity contribution in [3.05, 3.63) is 33.9 Å². The maximum Gasteiger partial charge on any atom is 0.271 e. The molecule has 0 saturated heterocycles. The van der Waals surface area contributed by atoms with Crippen LogP contribution in [0.3, 0.4) is 0 Å². The van der Waals surface area contributed by atoms with Crippen LogP contribution in [0.1, 0.15) is 25.8 Å². The Labute approximate surface area is 114 Å². The van der Waals surface area contributed by atoms with E-state index in [0.29, 0.717) is 0 Å². The Hall–Kier alpha value is -1.62. The fourth-order valence-electron chi connectivity index (χ4n) is 2.07. The number of nitrogens with one attached hydrogen (secondary N) is 1. The average Bonchev–Trinajstić information content (AvgIpc) is 2.37. The molecule has 0 radical (unpaired) electrons. The number of anilines is 1. The highest BCUT2D eigenvalue weighted by Crippen LogP contribution is 2.20. The highest BCUT2D eigenvalue weighted by Gasteiger charge is 2.08. The zero-order valence-corrected chi connectivity index (χ0v) is 12.0. The summed E-state index contributed by atoms with van der Waals surface area (Å²) in [5.41, 5.74) is 1.86. The lowest BCUT2D eigenvalue weighted by Gasteiger charge is -2.19. The van der Waals surface area contributed by atoms with Gasteiger partial charge in [0.1, 0.15) is 0 Å². The molecule has 0 aliphatic heterocycles. The predicted molar refractivity (Wildman–Crippen MR) is 78.7 cm³/mol. The van der Waals surface area contributed by atoms with Crippen LogP contribution in [0.2, 0.25) is 0 Å². The second kappa shape index (κ2) is 7.74. The molecule has 1 rings (SSSR count). The number of non-ortho nitro benzene ring substituents is 1. The van der Waals surface area contributed by atoms with E-state index in [1.807, 2.05) is 13.0 Å². The van der Waals surface area contributed by atoms with Crippen molar-refractivity contribution in [2.75, 3.05) is 31.5 Å². The summed E-state index contributed by atoms with van der Waals surface area (Å²) in [5.74, 6) is 0. The molecule has 0 bridgehead atoms. The van der Waals surface area contributed by atoms with Crippen molar-refractivity contribution in [1.29, 1.82) is 0 Å². The van der Waals surface area contributed by atoms with Crippen LogP contribution < -0.4 is 5.32 Å². The third-order valence-electron chi connectivity index (χ3n) is 3.02. The van der Waals surface area contributed by atoms with Crippen molar-refractivity contribution in [1.82, 2.24) is 4.90 Å². The van der Waals surface area contributed by atoms with Gasteiger partial charge in [-0.1, -0.05) is 13.8 Å². The number of nitrogens with zero attached hydrogens (tertiary/aromatic N) is 2. The number of nitro benzene ring substituents is 1. The van der Waals surface area contributed by atoms with E-state index in [4.69, 9.17) is 0 Å². The lowest BCUT2D eigenvalue weighted by molar-refractivity contribution is -0.384. The normalized spacial score (nSPS) is 10.7. The number of nitro groups is 1. The van der Waals surface area contributed by atoms with E-state index in [1.165, 1.54) is 0 Å². The Kier molecular flexibility index (Phi) is 6.29. The van der Waals surface area contributed by atoms with E-state index >= 15 is 0 Å². The summed E-state index contributed by atoms with van der Waals surface area (Å²) < 4.78 is 0. The molecule has 0 atom stereocenters. The van der Waals surface area contributed by atoms with Crippen molar-refractivity contribution in [3.8, 4) is 0 Å². The topological polar surface area (TPSA) is 58.4 Å². The molecule has 5 nitrogen and oxygen atoms in total. The van der Waals surface area contributed by atoms with E-state index < -0.39 is 0 Å². The molecule has 0 unspecified atom stereocenters. The summed E-state index contributed by atoms with van der Waals surface area (Å²) in [6.07, 6.45) is 1.14. The minimum atomic E-state index is -0.354. The van der Waals surface area contributed by atoms with Gasteiger partial charge >= 0.3 is 0 Å². The quantitative estimate of drug-likeness (QED) is 0.579. The molecular weight excluding hydrogens is 242 g/mol. The van der Waals surface area contributed by atoms with Gasteiger partial charge in [0.2, 0.25) is 0 Å². The SMILES string of the molecule is CCCN(CC)CCNc1cc(C)cc([N+](=O)[O-])c1. The van der Waals surface area contributed by atoms with Crippen LogP contribution in [-0.4, -0.2) is 36.0 Å².